The molecule has 0 spiro atoms. The van der Waals surface area contributed by atoms with Crippen molar-refractivity contribution in [3.8, 4) is 0 Å². The Morgan fingerprint density at radius 1 is 1.41 bits per heavy atom. The predicted molar refractivity (Wildman–Crippen MR) is 90.7 cm³/mol. The van der Waals surface area contributed by atoms with E-state index in [0.717, 1.165) is 30.5 Å². The lowest BCUT2D eigenvalue weighted by Gasteiger charge is -2.19. The van der Waals surface area contributed by atoms with Gasteiger partial charge < -0.3 is 11.1 Å². The summed E-state index contributed by atoms with van der Waals surface area (Å²) in [6.45, 7) is 3.53. The largest absolute Gasteiger partial charge is 0.370 e. The number of benzene rings is 1. The van der Waals surface area contributed by atoms with Crippen molar-refractivity contribution in [3.05, 3.63) is 29.8 Å². The summed E-state index contributed by atoms with van der Waals surface area (Å²) >= 11 is 0. The third-order valence-electron chi connectivity index (χ3n) is 3.64. The van der Waals surface area contributed by atoms with Crippen LogP contribution in [-0.4, -0.2) is 39.8 Å². The predicted octanol–water partition coefficient (Wildman–Crippen LogP) is 1.08. The molecule has 0 radical (unpaired) electrons. The number of guanidine groups is 1. The van der Waals surface area contributed by atoms with Gasteiger partial charge in [0.15, 0.2) is 5.96 Å². The highest BCUT2D eigenvalue weighted by Crippen LogP contribution is 2.29. The molecule has 0 bridgehead atoms. The van der Waals surface area contributed by atoms with E-state index in [9.17, 15) is 8.42 Å². The van der Waals surface area contributed by atoms with E-state index in [1.54, 1.807) is 0 Å². The number of unbranched alkanes of at least 4 members (excludes halogenated alkanes) is 1. The first kappa shape index (κ1) is 16.6. The SMILES string of the molecule is CCCCN=C(N)NCCS(=O)(=O)N1CCc2ccccc21. The van der Waals surface area contributed by atoms with Crippen LogP contribution in [0.4, 0.5) is 5.69 Å². The fourth-order valence-electron chi connectivity index (χ4n) is 2.43. The van der Waals surface area contributed by atoms with E-state index < -0.39 is 10.0 Å². The number of aliphatic imine (C=N–C) groups is 1. The molecular weight excluding hydrogens is 300 g/mol. The number of para-hydroxylation sites is 1. The summed E-state index contributed by atoms with van der Waals surface area (Å²) in [4.78, 5) is 4.14. The number of hydrogen-bond acceptors (Lipinski definition) is 3. The van der Waals surface area contributed by atoms with Gasteiger partial charge in [0.2, 0.25) is 10.0 Å². The summed E-state index contributed by atoms with van der Waals surface area (Å²) in [5.41, 5.74) is 7.59. The molecule has 1 aliphatic rings. The number of nitrogens with one attached hydrogen (secondary N) is 1. The summed E-state index contributed by atoms with van der Waals surface area (Å²) in [6, 6.07) is 7.63. The van der Waals surface area contributed by atoms with E-state index in [-0.39, 0.29) is 12.3 Å². The van der Waals surface area contributed by atoms with Crippen molar-refractivity contribution in [2.75, 3.05) is 29.7 Å². The number of nitrogens with two attached hydrogens (primary N) is 1. The summed E-state index contributed by atoms with van der Waals surface area (Å²) in [7, 11) is -3.33. The van der Waals surface area contributed by atoms with Crippen LogP contribution in [0.1, 0.15) is 25.3 Å². The molecule has 22 heavy (non-hydrogen) atoms. The minimum absolute atomic E-state index is 0.00529. The smallest absolute Gasteiger partial charge is 0.236 e. The maximum Gasteiger partial charge on any atom is 0.236 e. The van der Waals surface area contributed by atoms with E-state index >= 15 is 0 Å². The van der Waals surface area contributed by atoms with Crippen molar-refractivity contribution >= 4 is 21.7 Å². The number of hydrogen-bond donors (Lipinski definition) is 2. The fraction of sp³-hybridized carbons (Fsp3) is 0.533. The molecule has 1 heterocycles. The van der Waals surface area contributed by atoms with Crippen molar-refractivity contribution in [3.63, 3.8) is 0 Å². The minimum Gasteiger partial charge on any atom is -0.370 e. The summed E-state index contributed by atoms with van der Waals surface area (Å²) in [6.07, 6.45) is 2.80. The van der Waals surface area contributed by atoms with Gasteiger partial charge in [-0.05, 0) is 24.5 Å². The van der Waals surface area contributed by atoms with Crippen LogP contribution in [0.3, 0.4) is 0 Å². The average Bonchev–Trinajstić information content (AvgIpc) is 2.92. The molecular formula is C15H24N4O2S. The number of fused-ring (bicyclic) bond motifs is 1. The Morgan fingerprint density at radius 2 is 2.18 bits per heavy atom. The Hall–Kier alpha value is -1.76. The molecule has 0 aliphatic carbocycles. The fourth-order valence-corrected chi connectivity index (χ4v) is 3.86. The van der Waals surface area contributed by atoms with Crippen molar-refractivity contribution in [1.29, 1.82) is 0 Å². The normalized spacial score (nSPS) is 15.0. The lowest BCUT2D eigenvalue weighted by Crippen LogP contribution is -2.39. The molecule has 0 atom stereocenters. The molecule has 6 nitrogen and oxygen atoms in total. The highest BCUT2D eigenvalue weighted by atomic mass is 32.2. The molecule has 122 valence electrons. The molecule has 0 saturated heterocycles. The standard InChI is InChI=1S/C15H24N4O2S/c1-2-3-9-17-15(16)18-10-12-22(20,21)19-11-8-13-6-4-5-7-14(13)19/h4-7H,2-3,8-12H2,1H3,(H3,16,17,18). The van der Waals surface area contributed by atoms with Crippen LogP contribution in [0.5, 0.6) is 0 Å². The summed E-state index contributed by atoms with van der Waals surface area (Å²) in [5, 5.41) is 2.87. The first-order valence-electron chi connectivity index (χ1n) is 7.66. The van der Waals surface area contributed by atoms with E-state index in [0.29, 0.717) is 19.0 Å². The van der Waals surface area contributed by atoms with Crippen molar-refractivity contribution < 1.29 is 8.42 Å². The Balaban J connectivity index is 1.89. The number of anilines is 1. The highest BCUT2D eigenvalue weighted by Gasteiger charge is 2.28. The van der Waals surface area contributed by atoms with Crippen LogP contribution in [0.25, 0.3) is 0 Å². The van der Waals surface area contributed by atoms with Crippen molar-refractivity contribution in [2.24, 2.45) is 10.7 Å². The van der Waals surface area contributed by atoms with Gasteiger partial charge in [0.05, 0.1) is 11.4 Å². The lowest BCUT2D eigenvalue weighted by atomic mass is 10.2. The number of sulfonamides is 1. The molecule has 3 N–H and O–H groups in total. The topological polar surface area (TPSA) is 87.8 Å². The Morgan fingerprint density at radius 3 is 2.95 bits per heavy atom. The third-order valence-corrected chi connectivity index (χ3v) is 5.41. The highest BCUT2D eigenvalue weighted by molar-refractivity contribution is 7.92. The van der Waals surface area contributed by atoms with Crippen LogP contribution in [-0.2, 0) is 16.4 Å². The average molecular weight is 324 g/mol. The summed E-state index contributed by atoms with van der Waals surface area (Å²) < 4.78 is 26.4. The Labute approximate surface area is 132 Å². The van der Waals surface area contributed by atoms with Crippen LogP contribution in [0, 0.1) is 0 Å². The Kier molecular flexibility index (Phi) is 5.65. The first-order chi connectivity index (χ1) is 10.5. The van der Waals surface area contributed by atoms with E-state index in [1.165, 1.54) is 4.31 Å². The molecule has 1 aliphatic heterocycles. The van der Waals surface area contributed by atoms with Gasteiger partial charge in [-0.25, -0.2) is 8.42 Å². The molecule has 0 saturated carbocycles. The van der Waals surface area contributed by atoms with E-state index in [1.807, 2.05) is 24.3 Å². The molecule has 1 aromatic rings. The van der Waals surface area contributed by atoms with E-state index in [4.69, 9.17) is 5.73 Å². The molecule has 0 fully saturated rings. The molecule has 0 amide bonds. The van der Waals surface area contributed by atoms with Gasteiger partial charge in [-0.1, -0.05) is 31.5 Å². The third kappa shape index (κ3) is 4.13. The van der Waals surface area contributed by atoms with Crippen LogP contribution in [0.2, 0.25) is 0 Å². The minimum atomic E-state index is -3.33. The molecule has 2 rings (SSSR count). The lowest BCUT2D eigenvalue weighted by molar-refractivity contribution is 0.591. The maximum absolute atomic E-state index is 12.4. The summed E-state index contributed by atoms with van der Waals surface area (Å²) in [5.74, 6) is 0.316. The number of rotatable bonds is 7. The van der Waals surface area contributed by atoms with Crippen LogP contribution >= 0.6 is 0 Å². The quantitative estimate of drug-likeness (QED) is 0.446. The van der Waals surface area contributed by atoms with Gasteiger partial charge in [0.1, 0.15) is 0 Å². The number of nitrogens with zero attached hydrogens (tertiary/aromatic N) is 2. The molecule has 0 aromatic heterocycles. The monoisotopic (exact) mass is 324 g/mol. The maximum atomic E-state index is 12.4. The zero-order chi connectivity index (χ0) is 16.0. The van der Waals surface area contributed by atoms with Crippen molar-refractivity contribution in [2.45, 2.75) is 26.2 Å². The Bertz CT molecular complexity index is 628. The van der Waals surface area contributed by atoms with Gasteiger partial charge in [-0.3, -0.25) is 9.30 Å². The molecule has 0 unspecified atom stereocenters. The second-order valence-electron chi connectivity index (χ2n) is 5.31. The second-order valence-corrected chi connectivity index (χ2v) is 7.33. The molecule has 7 heteroatoms. The first-order valence-corrected chi connectivity index (χ1v) is 9.27. The van der Waals surface area contributed by atoms with Crippen LogP contribution in [0.15, 0.2) is 29.3 Å². The van der Waals surface area contributed by atoms with Gasteiger partial charge in [0.25, 0.3) is 0 Å². The molecule has 1 aromatic carbocycles. The van der Waals surface area contributed by atoms with Gasteiger partial charge in [-0.2, -0.15) is 0 Å². The van der Waals surface area contributed by atoms with Crippen molar-refractivity contribution in [1.82, 2.24) is 5.32 Å². The van der Waals surface area contributed by atoms with Gasteiger partial charge in [-0.15, -0.1) is 0 Å². The van der Waals surface area contributed by atoms with Gasteiger partial charge >= 0.3 is 0 Å². The second kappa shape index (κ2) is 7.49. The van der Waals surface area contributed by atoms with Gasteiger partial charge in [0, 0.05) is 19.6 Å². The zero-order valence-electron chi connectivity index (χ0n) is 13.0. The zero-order valence-corrected chi connectivity index (χ0v) is 13.8. The van der Waals surface area contributed by atoms with E-state index in [2.05, 4.69) is 17.2 Å². The van der Waals surface area contributed by atoms with Crippen LogP contribution < -0.4 is 15.4 Å².